The zero-order valence-electron chi connectivity index (χ0n) is 14.5. The molecule has 0 aliphatic rings. The van der Waals surface area contributed by atoms with Crippen molar-refractivity contribution in [1.82, 2.24) is 10.2 Å². The van der Waals surface area contributed by atoms with Gasteiger partial charge in [0.1, 0.15) is 5.75 Å². The average molecular weight is 335 g/mol. The normalized spacial score (nSPS) is 11.8. The van der Waals surface area contributed by atoms with Crippen LogP contribution in [0, 0.1) is 13.8 Å². The van der Waals surface area contributed by atoms with Gasteiger partial charge >= 0.3 is 0 Å². The first-order chi connectivity index (χ1) is 12.0. The van der Waals surface area contributed by atoms with Crippen LogP contribution in [0.3, 0.4) is 0 Å². The highest BCUT2D eigenvalue weighted by Gasteiger charge is 2.20. The number of rotatable bonds is 5. The molecular weight excluding hydrogens is 314 g/mol. The van der Waals surface area contributed by atoms with Gasteiger partial charge in [0.25, 0.3) is 5.91 Å². The number of hydrogen-bond acceptors (Lipinski definition) is 3. The van der Waals surface area contributed by atoms with E-state index in [9.17, 15) is 4.79 Å². The van der Waals surface area contributed by atoms with E-state index in [1.54, 1.807) is 6.92 Å². The zero-order chi connectivity index (χ0) is 17.8. The van der Waals surface area contributed by atoms with Gasteiger partial charge in [-0.05, 0) is 38.5 Å². The second kappa shape index (κ2) is 7.21. The lowest BCUT2D eigenvalue weighted by molar-refractivity contribution is -0.122. The Bertz CT molecular complexity index is 872. The standard InChI is InChI=1S/C20H21N3O2/c1-13-8-7-9-16(12-13)18-14(2)22-23-19(18)21-20(24)15(3)25-17-10-5-4-6-11-17/h4-12,15H,1-3H3,(H2,21,22,23,24). The largest absolute Gasteiger partial charge is 0.481 e. The minimum absolute atomic E-state index is 0.246. The van der Waals surface area contributed by atoms with Crippen LogP contribution in [0.1, 0.15) is 18.2 Å². The van der Waals surface area contributed by atoms with Gasteiger partial charge in [-0.2, -0.15) is 5.10 Å². The Morgan fingerprint density at radius 1 is 1.12 bits per heavy atom. The second-order valence-corrected chi connectivity index (χ2v) is 6.00. The summed E-state index contributed by atoms with van der Waals surface area (Å²) in [5.41, 5.74) is 3.95. The number of H-pyrrole nitrogens is 1. The van der Waals surface area contributed by atoms with Gasteiger partial charge in [0, 0.05) is 11.3 Å². The average Bonchev–Trinajstić information content (AvgIpc) is 2.96. The lowest BCUT2D eigenvalue weighted by Gasteiger charge is -2.14. The van der Waals surface area contributed by atoms with Crippen molar-refractivity contribution in [2.24, 2.45) is 0 Å². The van der Waals surface area contributed by atoms with Crippen LogP contribution in [-0.4, -0.2) is 22.2 Å². The first kappa shape index (κ1) is 16.8. The van der Waals surface area contributed by atoms with Crippen molar-refractivity contribution in [2.75, 3.05) is 5.32 Å². The number of anilines is 1. The van der Waals surface area contributed by atoms with Crippen molar-refractivity contribution in [3.05, 3.63) is 65.9 Å². The predicted octanol–water partition coefficient (Wildman–Crippen LogP) is 4.10. The molecule has 0 radical (unpaired) electrons. The summed E-state index contributed by atoms with van der Waals surface area (Å²) in [5, 5.41) is 10.0. The first-order valence-electron chi connectivity index (χ1n) is 8.19. The molecule has 3 aromatic rings. The fourth-order valence-corrected chi connectivity index (χ4v) is 2.65. The van der Waals surface area contributed by atoms with Crippen molar-refractivity contribution in [3.63, 3.8) is 0 Å². The number of carbonyl (C=O) groups excluding carboxylic acids is 1. The summed E-state index contributed by atoms with van der Waals surface area (Å²) in [6.45, 7) is 5.69. The maximum Gasteiger partial charge on any atom is 0.266 e. The first-order valence-corrected chi connectivity index (χ1v) is 8.19. The van der Waals surface area contributed by atoms with Crippen molar-refractivity contribution in [3.8, 4) is 16.9 Å². The smallest absolute Gasteiger partial charge is 0.266 e. The molecular formula is C20H21N3O2. The number of nitrogens with zero attached hydrogens (tertiary/aromatic N) is 1. The SMILES string of the molecule is Cc1cccc(-c2c(NC(=O)C(C)Oc3ccccc3)n[nH]c2C)c1. The maximum absolute atomic E-state index is 12.5. The minimum atomic E-state index is -0.634. The molecule has 1 atom stereocenters. The van der Waals surface area contributed by atoms with E-state index in [4.69, 9.17) is 4.74 Å². The lowest BCUT2D eigenvalue weighted by Crippen LogP contribution is -2.30. The molecule has 0 spiro atoms. The van der Waals surface area contributed by atoms with E-state index in [-0.39, 0.29) is 5.91 Å². The number of aryl methyl sites for hydroxylation is 2. The Kier molecular flexibility index (Phi) is 4.84. The Morgan fingerprint density at radius 2 is 1.88 bits per heavy atom. The number of aromatic nitrogens is 2. The quantitative estimate of drug-likeness (QED) is 0.738. The molecule has 1 unspecified atom stereocenters. The summed E-state index contributed by atoms with van der Waals surface area (Å²) in [4.78, 5) is 12.5. The van der Waals surface area contributed by atoms with Crippen molar-refractivity contribution < 1.29 is 9.53 Å². The molecule has 5 heteroatoms. The van der Waals surface area contributed by atoms with E-state index in [0.717, 1.165) is 22.4 Å². The number of nitrogens with one attached hydrogen (secondary N) is 2. The molecule has 2 aromatic carbocycles. The number of para-hydroxylation sites is 1. The third kappa shape index (κ3) is 3.88. The monoisotopic (exact) mass is 335 g/mol. The number of hydrogen-bond donors (Lipinski definition) is 2. The highest BCUT2D eigenvalue weighted by molar-refractivity contribution is 5.97. The van der Waals surface area contributed by atoms with Gasteiger partial charge < -0.3 is 10.1 Å². The van der Waals surface area contributed by atoms with Gasteiger partial charge in [0.15, 0.2) is 11.9 Å². The van der Waals surface area contributed by atoms with Gasteiger partial charge in [0.05, 0.1) is 0 Å². The van der Waals surface area contributed by atoms with Gasteiger partial charge in [0.2, 0.25) is 0 Å². The maximum atomic E-state index is 12.5. The molecule has 0 saturated carbocycles. The lowest BCUT2D eigenvalue weighted by atomic mass is 10.0. The topological polar surface area (TPSA) is 67.0 Å². The fourth-order valence-electron chi connectivity index (χ4n) is 2.65. The molecule has 0 fully saturated rings. The molecule has 1 amide bonds. The van der Waals surface area contributed by atoms with E-state index in [1.807, 2.05) is 62.4 Å². The summed E-state index contributed by atoms with van der Waals surface area (Å²) in [6, 6.07) is 17.4. The highest BCUT2D eigenvalue weighted by atomic mass is 16.5. The summed E-state index contributed by atoms with van der Waals surface area (Å²) in [5.74, 6) is 0.920. The molecule has 0 bridgehead atoms. The van der Waals surface area contributed by atoms with Crippen LogP contribution in [0.2, 0.25) is 0 Å². The van der Waals surface area contributed by atoms with Gasteiger partial charge in [-0.25, -0.2) is 0 Å². The van der Waals surface area contributed by atoms with E-state index in [2.05, 4.69) is 21.6 Å². The summed E-state index contributed by atoms with van der Waals surface area (Å²) < 4.78 is 5.67. The summed E-state index contributed by atoms with van der Waals surface area (Å²) in [7, 11) is 0. The number of benzene rings is 2. The molecule has 0 aliphatic heterocycles. The van der Waals surface area contributed by atoms with Crippen molar-refractivity contribution in [2.45, 2.75) is 26.9 Å². The molecule has 5 nitrogen and oxygen atoms in total. The molecule has 0 aliphatic carbocycles. The fraction of sp³-hybridized carbons (Fsp3) is 0.200. The van der Waals surface area contributed by atoms with Crippen molar-refractivity contribution >= 4 is 11.7 Å². The molecule has 0 saturated heterocycles. The Labute approximate surface area is 147 Å². The van der Waals surface area contributed by atoms with Crippen LogP contribution < -0.4 is 10.1 Å². The molecule has 128 valence electrons. The number of carbonyl (C=O) groups is 1. The van der Waals surface area contributed by atoms with E-state index < -0.39 is 6.10 Å². The zero-order valence-corrected chi connectivity index (χ0v) is 14.5. The van der Waals surface area contributed by atoms with Gasteiger partial charge in [-0.15, -0.1) is 0 Å². The number of ether oxygens (including phenoxy) is 1. The Balaban J connectivity index is 1.78. The third-order valence-corrected chi connectivity index (χ3v) is 3.92. The van der Waals surface area contributed by atoms with E-state index in [0.29, 0.717) is 11.6 Å². The molecule has 3 rings (SSSR count). The van der Waals surface area contributed by atoms with Crippen LogP contribution in [0.5, 0.6) is 5.75 Å². The van der Waals surface area contributed by atoms with Gasteiger partial charge in [-0.1, -0.05) is 48.0 Å². The minimum Gasteiger partial charge on any atom is -0.481 e. The summed E-state index contributed by atoms with van der Waals surface area (Å²) >= 11 is 0. The van der Waals surface area contributed by atoms with E-state index >= 15 is 0 Å². The van der Waals surface area contributed by atoms with Crippen LogP contribution in [-0.2, 0) is 4.79 Å². The number of amides is 1. The Hall–Kier alpha value is -3.08. The van der Waals surface area contributed by atoms with E-state index in [1.165, 1.54) is 0 Å². The third-order valence-electron chi connectivity index (χ3n) is 3.92. The van der Waals surface area contributed by atoms with Crippen LogP contribution in [0.4, 0.5) is 5.82 Å². The van der Waals surface area contributed by atoms with Crippen LogP contribution in [0.15, 0.2) is 54.6 Å². The van der Waals surface area contributed by atoms with Crippen molar-refractivity contribution in [1.29, 1.82) is 0 Å². The molecule has 2 N–H and O–H groups in total. The van der Waals surface area contributed by atoms with Gasteiger partial charge in [-0.3, -0.25) is 9.89 Å². The second-order valence-electron chi connectivity index (χ2n) is 6.00. The molecule has 1 heterocycles. The molecule has 25 heavy (non-hydrogen) atoms. The predicted molar refractivity (Wildman–Crippen MR) is 98.7 cm³/mol. The molecule has 1 aromatic heterocycles. The van der Waals surface area contributed by atoms with Crippen LogP contribution in [0.25, 0.3) is 11.1 Å². The van der Waals surface area contributed by atoms with Crippen LogP contribution >= 0.6 is 0 Å². The number of aromatic amines is 1. The Morgan fingerprint density at radius 3 is 2.60 bits per heavy atom. The summed E-state index contributed by atoms with van der Waals surface area (Å²) in [6.07, 6.45) is -0.634. The highest BCUT2D eigenvalue weighted by Crippen LogP contribution is 2.30.